The molecule has 4 N–H and O–H groups in total. The van der Waals surface area contributed by atoms with Crippen molar-refractivity contribution in [3.8, 4) is 0 Å². The maximum Gasteiger partial charge on any atom is 0.0784 e. The van der Waals surface area contributed by atoms with Crippen LogP contribution in [0.4, 0.5) is 11.4 Å². The minimum atomic E-state index is -0.332. The van der Waals surface area contributed by atoms with Gasteiger partial charge in [0.05, 0.1) is 17.3 Å². The molecule has 6 heteroatoms. The van der Waals surface area contributed by atoms with E-state index < -0.39 is 0 Å². The number of allylic oxidation sites excluding steroid dienone is 7. The van der Waals surface area contributed by atoms with Gasteiger partial charge in [0.2, 0.25) is 0 Å². The van der Waals surface area contributed by atoms with E-state index >= 15 is 0 Å². The molecule has 0 bridgehead atoms. The molecule has 43 heavy (non-hydrogen) atoms. The van der Waals surface area contributed by atoms with Crippen molar-refractivity contribution in [3.63, 3.8) is 0 Å². The van der Waals surface area contributed by atoms with E-state index in [1.807, 2.05) is 6.07 Å². The second-order valence-corrected chi connectivity index (χ2v) is 14.3. The molecule has 3 unspecified atom stereocenters. The topological polar surface area (TPSA) is 67.8 Å². The SMILES string of the molecule is CCNC(CO)I=C1C=CC(C(c2ccc(Nc3ccccc3)c3ccccc23)C2C=CC(N(CC)CCO)=CC2)C=C1. The molecule has 5 rings (SSSR count). The number of benzene rings is 3. The highest BCUT2D eigenvalue weighted by Gasteiger charge is 2.30. The molecule has 0 saturated heterocycles. The average molecular weight is 690 g/mol. The van der Waals surface area contributed by atoms with E-state index in [1.165, 1.54) is 25.5 Å². The Labute approximate surface area is 266 Å². The fraction of sp³-hybridized carbons (Fsp3) is 0.324. The van der Waals surface area contributed by atoms with E-state index in [9.17, 15) is 10.2 Å². The van der Waals surface area contributed by atoms with Crippen molar-refractivity contribution in [1.29, 1.82) is 0 Å². The number of aliphatic hydroxyl groups is 2. The molecule has 0 radical (unpaired) electrons. The van der Waals surface area contributed by atoms with Gasteiger partial charge in [0.25, 0.3) is 0 Å². The lowest BCUT2D eigenvalue weighted by Crippen LogP contribution is -2.28. The highest BCUT2D eigenvalue weighted by Crippen LogP contribution is 2.44. The smallest absolute Gasteiger partial charge is 0.0784 e. The van der Waals surface area contributed by atoms with Crippen molar-refractivity contribution in [2.45, 2.75) is 30.2 Å². The van der Waals surface area contributed by atoms with E-state index in [1.54, 1.807) is 0 Å². The van der Waals surface area contributed by atoms with Gasteiger partial charge in [-0.3, -0.25) is 0 Å². The van der Waals surface area contributed by atoms with Gasteiger partial charge in [-0.2, -0.15) is 0 Å². The maximum atomic E-state index is 9.84. The van der Waals surface area contributed by atoms with Crippen LogP contribution in [0.15, 0.2) is 115 Å². The Morgan fingerprint density at radius 3 is 2.28 bits per heavy atom. The van der Waals surface area contributed by atoms with Crippen LogP contribution in [0.2, 0.25) is 0 Å². The van der Waals surface area contributed by atoms with Crippen LogP contribution in [-0.4, -0.2) is 55.5 Å². The maximum absolute atomic E-state index is 9.84. The summed E-state index contributed by atoms with van der Waals surface area (Å²) >= 11 is -0.332. The third kappa shape index (κ3) is 7.73. The van der Waals surface area contributed by atoms with Gasteiger partial charge in [-0.05, 0) is 61.0 Å². The number of anilines is 2. The number of nitrogens with zero attached hydrogens (tertiary/aromatic N) is 1. The third-order valence-corrected chi connectivity index (χ3v) is 11.3. The highest BCUT2D eigenvalue weighted by atomic mass is 127. The number of hydrogen-bond acceptors (Lipinski definition) is 5. The van der Waals surface area contributed by atoms with Gasteiger partial charge in [-0.1, -0.05) is 113 Å². The number of para-hydroxylation sites is 1. The van der Waals surface area contributed by atoms with Crippen LogP contribution in [-0.2, 0) is 0 Å². The summed E-state index contributed by atoms with van der Waals surface area (Å²) in [4.78, 5) is 2.24. The second-order valence-electron chi connectivity index (χ2n) is 11.0. The highest BCUT2D eigenvalue weighted by molar-refractivity contribution is 14.2. The molecule has 0 fully saturated rings. The number of aliphatic hydroxyl groups excluding tert-OH is 2. The Balaban J connectivity index is 1.51. The molecular weight excluding hydrogens is 645 g/mol. The zero-order valence-corrected chi connectivity index (χ0v) is 27.3. The molecule has 0 spiro atoms. The number of nitrogens with one attached hydrogen (secondary N) is 2. The van der Waals surface area contributed by atoms with Crippen molar-refractivity contribution >= 4 is 46.4 Å². The largest absolute Gasteiger partial charge is 0.395 e. The minimum absolute atomic E-state index is 0.157. The first-order valence-corrected chi connectivity index (χ1v) is 17.8. The molecule has 3 atom stereocenters. The molecule has 0 aromatic heterocycles. The van der Waals surface area contributed by atoms with Gasteiger partial charge >= 0.3 is 0 Å². The summed E-state index contributed by atoms with van der Waals surface area (Å²) in [5.41, 5.74) is 4.76. The zero-order chi connectivity index (χ0) is 30.0. The predicted molar refractivity (Wildman–Crippen MR) is 191 cm³/mol. The van der Waals surface area contributed by atoms with Crippen LogP contribution >= 0.6 is 20.7 Å². The molecule has 0 heterocycles. The Morgan fingerprint density at radius 2 is 1.63 bits per heavy atom. The molecular formula is C37H44IN3O2. The zero-order valence-electron chi connectivity index (χ0n) is 25.2. The van der Waals surface area contributed by atoms with Gasteiger partial charge in [0.1, 0.15) is 0 Å². The van der Waals surface area contributed by atoms with E-state index in [0.717, 1.165) is 30.9 Å². The molecule has 0 aliphatic heterocycles. The minimum Gasteiger partial charge on any atom is -0.395 e. The van der Waals surface area contributed by atoms with Crippen LogP contribution < -0.4 is 10.6 Å². The number of alkyl halides is 1. The van der Waals surface area contributed by atoms with Crippen LogP contribution in [0.1, 0.15) is 31.7 Å². The summed E-state index contributed by atoms with van der Waals surface area (Å²) < 4.78 is 1.53. The first-order valence-electron chi connectivity index (χ1n) is 15.4. The normalized spacial score (nSPS) is 19.3. The number of likely N-dealkylation sites (N-methyl/N-ethyl adjacent to an activating group) is 2. The third-order valence-electron chi connectivity index (χ3n) is 8.27. The van der Waals surface area contributed by atoms with Crippen LogP contribution in [0.3, 0.4) is 0 Å². The number of rotatable bonds is 13. The molecule has 2 aliphatic rings. The van der Waals surface area contributed by atoms with Gasteiger partial charge < -0.3 is 25.7 Å². The van der Waals surface area contributed by atoms with Gasteiger partial charge in [0.15, 0.2) is 0 Å². The number of fused-ring (bicyclic) bond motifs is 1. The predicted octanol–water partition coefficient (Wildman–Crippen LogP) is 7.25. The molecule has 0 amide bonds. The fourth-order valence-electron chi connectivity index (χ4n) is 6.19. The van der Waals surface area contributed by atoms with E-state index in [2.05, 4.69) is 133 Å². The fourth-order valence-corrected chi connectivity index (χ4v) is 8.74. The summed E-state index contributed by atoms with van der Waals surface area (Å²) in [6.07, 6.45) is 17.4. The van der Waals surface area contributed by atoms with E-state index in [0.29, 0.717) is 12.5 Å². The van der Waals surface area contributed by atoms with Crippen molar-refractivity contribution in [1.82, 2.24) is 10.2 Å². The lowest BCUT2D eigenvalue weighted by molar-refractivity contribution is 0.233. The van der Waals surface area contributed by atoms with E-state index in [-0.39, 0.29) is 49.8 Å². The second kappa shape index (κ2) is 15.6. The Kier molecular flexibility index (Phi) is 11.4. The summed E-state index contributed by atoms with van der Waals surface area (Å²) in [6.45, 7) is 6.97. The first-order chi connectivity index (χ1) is 21.1. The van der Waals surface area contributed by atoms with E-state index in [4.69, 9.17) is 0 Å². The van der Waals surface area contributed by atoms with Crippen molar-refractivity contribution in [3.05, 3.63) is 121 Å². The van der Waals surface area contributed by atoms with Crippen LogP contribution in [0.25, 0.3) is 10.8 Å². The quantitative estimate of drug-likeness (QED) is 0.0866. The molecule has 3 aromatic rings. The Hall–Kier alpha value is -3.04. The van der Waals surface area contributed by atoms with Crippen molar-refractivity contribution in [2.24, 2.45) is 11.8 Å². The van der Waals surface area contributed by atoms with Crippen LogP contribution in [0, 0.1) is 11.8 Å². The van der Waals surface area contributed by atoms with Gasteiger partial charge in [0, 0.05) is 50.9 Å². The molecule has 3 aromatic carbocycles. The lowest BCUT2D eigenvalue weighted by Gasteiger charge is -2.34. The summed E-state index contributed by atoms with van der Waals surface area (Å²) in [5, 5.41) is 29.0. The molecule has 2 aliphatic carbocycles. The van der Waals surface area contributed by atoms with Crippen molar-refractivity contribution < 1.29 is 10.2 Å². The standard InChI is InChI=1S/C37H44IN3O2/c1-3-39-36(26-43)38-29-18-14-27(15-19-29)37(28-16-20-31(21-17-28)41(4-2)24-25-42)34-22-23-35(33-13-9-8-12-32(33)34)40-30-10-6-5-7-11-30/h5-16,18-23,27-28,36-37,39-40,42-43H,3-4,17,24-26H2,1-2H3. The summed E-state index contributed by atoms with van der Waals surface area (Å²) in [5.74, 6) is 0.836. The number of hydrogen-bond donors (Lipinski definition) is 4. The Bertz CT molecular complexity index is 1490. The monoisotopic (exact) mass is 689 g/mol. The number of halogens is 1. The van der Waals surface area contributed by atoms with Crippen molar-refractivity contribution in [2.75, 3.05) is 38.2 Å². The summed E-state index contributed by atoms with van der Waals surface area (Å²) in [7, 11) is 0. The Morgan fingerprint density at radius 1 is 0.884 bits per heavy atom. The first kappa shape index (κ1) is 31.4. The lowest BCUT2D eigenvalue weighted by atomic mass is 9.72. The summed E-state index contributed by atoms with van der Waals surface area (Å²) in [6, 6.07) is 23.7. The average Bonchev–Trinajstić information content (AvgIpc) is 3.06. The molecule has 0 saturated carbocycles. The molecule has 5 nitrogen and oxygen atoms in total. The molecule has 226 valence electrons. The van der Waals surface area contributed by atoms with Crippen LogP contribution in [0.5, 0.6) is 0 Å². The van der Waals surface area contributed by atoms with Gasteiger partial charge in [-0.25, -0.2) is 0 Å². The van der Waals surface area contributed by atoms with Gasteiger partial charge in [-0.15, -0.1) is 0 Å².